The molecule has 30 heavy (non-hydrogen) atoms. The first kappa shape index (κ1) is 19.5. The van der Waals surface area contributed by atoms with Crippen molar-refractivity contribution in [3.63, 3.8) is 0 Å². The SMILES string of the molecule is Cc1ccc(OCCCCOc2c3ccoc3cc3oc(=O)ccc23)c([N+](=O)[O-])c1. The molecule has 154 valence electrons. The standard InChI is InChI=1S/C22H19NO7/c1-14-4-6-18(17(12-14)23(25)26)27-9-2-3-10-29-22-15-5-7-21(24)30-20(15)13-19-16(22)8-11-28-19/h4-8,11-13H,2-3,9-10H2,1H3. The van der Waals surface area contributed by atoms with Crippen LogP contribution in [0.15, 0.2) is 62.4 Å². The van der Waals surface area contributed by atoms with E-state index in [1.807, 2.05) is 0 Å². The highest BCUT2D eigenvalue weighted by atomic mass is 16.6. The zero-order valence-electron chi connectivity index (χ0n) is 16.3. The highest BCUT2D eigenvalue weighted by molar-refractivity contribution is 6.01. The molecule has 0 spiro atoms. The topological polar surface area (TPSA) is 105 Å². The summed E-state index contributed by atoms with van der Waals surface area (Å²) in [5.41, 5.74) is 1.29. The molecule has 2 aromatic heterocycles. The fourth-order valence-corrected chi connectivity index (χ4v) is 3.22. The van der Waals surface area contributed by atoms with Crippen LogP contribution in [-0.4, -0.2) is 18.1 Å². The third-order valence-electron chi connectivity index (χ3n) is 4.66. The fourth-order valence-electron chi connectivity index (χ4n) is 3.22. The zero-order chi connectivity index (χ0) is 21.1. The summed E-state index contributed by atoms with van der Waals surface area (Å²) in [6.07, 6.45) is 2.88. The molecule has 0 amide bonds. The van der Waals surface area contributed by atoms with Crippen LogP contribution in [0.3, 0.4) is 0 Å². The molecule has 4 aromatic rings. The molecule has 0 atom stereocenters. The number of hydrogen-bond donors (Lipinski definition) is 0. The number of benzene rings is 2. The van der Waals surface area contributed by atoms with Gasteiger partial charge >= 0.3 is 11.3 Å². The Morgan fingerprint density at radius 2 is 1.73 bits per heavy atom. The van der Waals surface area contributed by atoms with Crippen LogP contribution >= 0.6 is 0 Å². The molecule has 0 aliphatic rings. The number of furan rings is 1. The van der Waals surface area contributed by atoms with Crippen molar-refractivity contribution >= 4 is 27.6 Å². The first-order valence-electron chi connectivity index (χ1n) is 9.47. The average molecular weight is 409 g/mol. The lowest BCUT2D eigenvalue weighted by molar-refractivity contribution is -0.385. The quantitative estimate of drug-likeness (QED) is 0.175. The Balaban J connectivity index is 1.38. The first-order chi connectivity index (χ1) is 14.5. The van der Waals surface area contributed by atoms with Gasteiger partial charge in [0.25, 0.3) is 0 Å². The Hall–Kier alpha value is -3.81. The van der Waals surface area contributed by atoms with Crippen molar-refractivity contribution in [3.05, 3.63) is 74.8 Å². The molecule has 8 heteroatoms. The Morgan fingerprint density at radius 1 is 0.967 bits per heavy atom. The number of ether oxygens (including phenoxy) is 2. The van der Waals surface area contributed by atoms with E-state index in [0.717, 1.165) is 10.9 Å². The molecule has 2 aromatic carbocycles. The van der Waals surface area contributed by atoms with Gasteiger partial charge in [-0.1, -0.05) is 6.07 Å². The third-order valence-corrected chi connectivity index (χ3v) is 4.66. The molecule has 4 rings (SSSR count). The molecule has 0 radical (unpaired) electrons. The number of aryl methyl sites for hydroxylation is 1. The third kappa shape index (κ3) is 3.98. The zero-order valence-corrected chi connectivity index (χ0v) is 16.3. The highest BCUT2D eigenvalue weighted by Gasteiger charge is 2.15. The van der Waals surface area contributed by atoms with E-state index in [1.54, 1.807) is 43.5 Å². The van der Waals surface area contributed by atoms with Crippen molar-refractivity contribution in [1.82, 2.24) is 0 Å². The number of nitrogens with zero attached hydrogens (tertiary/aromatic N) is 1. The van der Waals surface area contributed by atoms with E-state index in [0.29, 0.717) is 48.4 Å². The van der Waals surface area contributed by atoms with E-state index < -0.39 is 10.5 Å². The predicted molar refractivity (Wildman–Crippen MR) is 110 cm³/mol. The van der Waals surface area contributed by atoms with Gasteiger partial charge < -0.3 is 18.3 Å². The molecular formula is C22H19NO7. The number of fused-ring (bicyclic) bond motifs is 2. The molecule has 0 N–H and O–H groups in total. The maximum absolute atomic E-state index is 11.5. The minimum absolute atomic E-state index is 0.0363. The van der Waals surface area contributed by atoms with Crippen molar-refractivity contribution in [1.29, 1.82) is 0 Å². The van der Waals surface area contributed by atoms with E-state index in [-0.39, 0.29) is 11.4 Å². The molecule has 0 saturated carbocycles. The van der Waals surface area contributed by atoms with Gasteiger partial charge in [0, 0.05) is 18.2 Å². The van der Waals surface area contributed by atoms with Crippen molar-refractivity contribution in [2.75, 3.05) is 13.2 Å². The van der Waals surface area contributed by atoms with Crippen LogP contribution in [0.1, 0.15) is 18.4 Å². The van der Waals surface area contributed by atoms with Gasteiger partial charge in [0.05, 0.1) is 35.2 Å². The Kier molecular flexibility index (Phi) is 5.38. The maximum atomic E-state index is 11.5. The lowest BCUT2D eigenvalue weighted by Crippen LogP contribution is -2.04. The van der Waals surface area contributed by atoms with Crippen LogP contribution in [0.4, 0.5) is 5.69 Å². The summed E-state index contributed by atoms with van der Waals surface area (Å²) >= 11 is 0. The minimum atomic E-state index is -0.444. The second kappa shape index (κ2) is 8.28. The van der Waals surface area contributed by atoms with E-state index in [1.165, 1.54) is 12.1 Å². The van der Waals surface area contributed by atoms with Gasteiger partial charge in [0.15, 0.2) is 5.75 Å². The monoisotopic (exact) mass is 409 g/mol. The molecule has 0 aliphatic carbocycles. The smallest absolute Gasteiger partial charge is 0.336 e. The molecule has 0 fully saturated rings. The van der Waals surface area contributed by atoms with Gasteiger partial charge in [-0.2, -0.15) is 0 Å². The van der Waals surface area contributed by atoms with Gasteiger partial charge in [0.1, 0.15) is 16.9 Å². The van der Waals surface area contributed by atoms with Gasteiger partial charge in [0.2, 0.25) is 0 Å². The summed E-state index contributed by atoms with van der Waals surface area (Å²) in [7, 11) is 0. The van der Waals surface area contributed by atoms with E-state index in [2.05, 4.69) is 0 Å². The predicted octanol–water partition coefficient (Wildman–Crippen LogP) is 4.99. The summed E-state index contributed by atoms with van der Waals surface area (Å²) in [5, 5.41) is 12.6. The van der Waals surface area contributed by atoms with Crippen molar-refractivity contribution in [2.45, 2.75) is 19.8 Å². The second-order valence-corrected chi connectivity index (χ2v) is 6.84. The van der Waals surface area contributed by atoms with Crippen LogP contribution in [0.5, 0.6) is 11.5 Å². The fraction of sp³-hybridized carbons (Fsp3) is 0.227. The van der Waals surface area contributed by atoms with Crippen molar-refractivity contribution in [2.24, 2.45) is 0 Å². The summed E-state index contributed by atoms with van der Waals surface area (Å²) in [5.74, 6) is 0.853. The average Bonchev–Trinajstić information content (AvgIpc) is 3.18. The van der Waals surface area contributed by atoms with Crippen molar-refractivity contribution in [3.8, 4) is 11.5 Å². The van der Waals surface area contributed by atoms with Crippen LogP contribution in [0.2, 0.25) is 0 Å². The molecule has 0 bridgehead atoms. The van der Waals surface area contributed by atoms with Gasteiger partial charge in [-0.05, 0) is 43.5 Å². The normalized spacial score (nSPS) is 11.1. The number of nitro benzene ring substituents is 1. The lowest BCUT2D eigenvalue weighted by Gasteiger charge is -2.11. The molecule has 0 unspecified atom stereocenters. The second-order valence-electron chi connectivity index (χ2n) is 6.84. The Labute approximate surface area is 170 Å². The number of nitro groups is 1. The summed E-state index contributed by atoms with van der Waals surface area (Å²) in [4.78, 5) is 22.2. The van der Waals surface area contributed by atoms with Gasteiger partial charge in [-0.15, -0.1) is 0 Å². The maximum Gasteiger partial charge on any atom is 0.336 e. The van der Waals surface area contributed by atoms with Crippen LogP contribution < -0.4 is 15.1 Å². The van der Waals surface area contributed by atoms with E-state index in [4.69, 9.17) is 18.3 Å². The molecule has 8 nitrogen and oxygen atoms in total. The molecular weight excluding hydrogens is 390 g/mol. The van der Waals surface area contributed by atoms with Crippen LogP contribution in [-0.2, 0) is 0 Å². The number of hydrogen-bond acceptors (Lipinski definition) is 7. The first-order valence-corrected chi connectivity index (χ1v) is 9.47. The van der Waals surface area contributed by atoms with Crippen molar-refractivity contribution < 1.29 is 23.2 Å². The summed E-state index contributed by atoms with van der Waals surface area (Å²) in [6, 6.07) is 11.4. The van der Waals surface area contributed by atoms with E-state index >= 15 is 0 Å². The molecule has 2 heterocycles. The lowest BCUT2D eigenvalue weighted by atomic mass is 10.1. The Morgan fingerprint density at radius 3 is 2.53 bits per heavy atom. The number of unbranched alkanes of at least 4 members (excludes halogenated alkanes) is 1. The Bertz CT molecular complexity index is 1270. The van der Waals surface area contributed by atoms with Gasteiger partial charge in [-0.25, -0.2) is 4.79 Å². The highest BCUT2D eigenvalue weighted by Crippen LogP contribution is 2.35. The van der Waals surface area contributed by atoms with Gasteiger partial charge in [-0.3, -0.25) is 10.1 Å². The largest absolute Gasteiger partial charge is 0.492 e. The van der Waals surface area contributed by atoms with Crippen LogP contribution in [0, 0.1) is 17.0 Å². The summed E-state index contributed by atoms with van der Waals surface area (Å²) < 4.78 is 22.2. The minimum Gasteiger partial charge on any atom is -0.492 e. The van der Waals surface area contributed by atoms with Crippen LogP contribution in [0.25, 0.3) is 21.9 Å². The van der Waals surface area contributed by atoms with E-state index in [9.17, 15) is 14.9 Å². The summed E-state index contributed by atoms with van der Waals surface area (Å²) in [6.45, 7) is 2.53. The molecule has 0 aliphatic heterocycles. The number of rotatable bonds is 8. The molecule has 0 saturated heterocycles.